The van der Waals surface area contributed by atoms with E-state index in [2.05, 4.69) is 47.6 Å². The van der Waals surface area contributed by atoms with Crippen LogP contribution in [0, 0.1) is 55.4 Å². The highest BCUT2D eigenvalue weighted by Gasteiger charge is 2.70. The Bertz CT molecular complexity index is 1180. The van der Waals surface area contributed by atoms with Crippen molar-refractivity contribution in [3.8, 4) is 0 Å². The summed E-state index contributed by atoms with van der Waals surface area (Å²) in [6.07, 6.45) is 6.56. The number of rotatable bonds is 9. The number of hydrogen-bond acceptors (Lipinski definition) is 8. The number of nitrogens with zero attached hydrogens (tertiary/aromatic N) is 1. The van der Waals surface area contributed by atoms with Crippen molar-refractivity contribution in [1.29, 1.82) is 0 Å². The number of ketones is 1. The highest BCUT2D eigenvalue weighted by molar-refractivity contribution is 5.88. The third-order valence-electron chi connectivity index (χ3n) is 14.1. The third kappa shape index (κ3) is 5.64. The summed E-state index contributed by atoms with van der Waals surface area (Å²) in [7, 11) is 0. The van der Waals surface area contributed by atoms with Gasteiger partial charge < -0.3 is 24.8 Å². The molecule has 9 nitrogen and oxygen atoms in total. The molecule has 9 heteroatoms. The predicted octanol–water partition coefficient (Wildman–Crippen LogP) is 5.85. The molecular weight excluding hydrogens is 574 g/mol. The number of Topliss-reactive ketones (excluding diaryl/α,β-unsaturated/α-hetero) is 1. The summed E-state index contributed by atoms with van der Waals surface area (Å²) in [5.41, 5.74) is -0.383. The minimum absolute atomic E-state index is 0.0429. The Labute approximate surface area is 269 Å². The van der Waals surface area contributed by atoms with Gasteiger partial charge in [0.2, 0.25) is 6.04 Å². The van der Waals surface area contributed by atoms with Crippen molar-refractivity contribution in [2.75, 3.05) is 6.61 Å². The summed E-state index contributed by atoms with van der Waals surface area (Å²) in [5.74, 6) is 1.71. The summed E-state index contributed by atoms with van der Waals surface area (Å²) in [6.45, 7) is 17.1. The molecule has 0 spiro atoms. The Hall–Kier alpha value is -1.39. The van der Waals surface area contributed by atoms with Crippen LogP contribution >= 0.6 is 0 Å². The van der Waals surface area contributed by atoms with Crippen LogP contribution in [0.4, 0.5) is 0 Å². The number of nitro groups is 1. The van der Waals surface area contributed by atoms with Gasteiger partial charge in [-0.05, 0) is 86.9 Å². The van der Waals surface area contributed by atoms with E-state index in [9.17, 15) is 30.2 Å². The first-order chi connectivity index (χ1) is 20.8. The van der Waals surface area contributed by atoms with Crippen LogP contribution in [-0.4, -0.2) is 68.9 Å². The standard InChI is InChI=1S/C36H59NO8/c1-21(10-9-16-32(2,3)41)23-15-17-34(6)27-13-11-24-25(36(27,8)28(39)19-35(23,34)7)12-14-29(33(24,4)5)45-31-30(40)26(37(42)43)18-22(20-38)44-31/h11,21-23,25-27,29-31,38,40-41H,9-10,12-20H2,1-8H3/t21-,22+,23?,25?,26+,27?,29+,30-,31+,34+,35-,36+/m1/s1. The van der Waals surface area contributed by atoms with Crippen molar-refractivity contribution in [2.45, 2.75) is 156 Å². The molecule has 0 aromatic carbocycles. The summed E-state index contributed by atoms with van der Waals surface area (Å²) in [4.78, 5) is 25.7. The lowest BCUT2D eigenvalue weighted by Gasteiger charge is -2.65. The summed E-state index contributed by atoms with van der Waals surface area (Å²) < 4.78 is 12.2. The number of carbonyl (C=O) groups excluding carboxylic acids is 1. The average Bonchev–Trinajstić information content (AvgIpc) is 3.21. The molecular formula is C36H59NO8. The maximum Gasteiger partial charge on any atom is 0.246 e. The predicted molar refractivity (Wildman–Crippen MR) is 171 cm³/mol. The van der Waals surface area contributed by atoms with Crippen molar-refractivity contribution in [3.05, 3.63) is 21.8 Å². The lowest BCUT2D eigenvalue weighted by Crippen LogP contribution is -2.63. The number of fused-ring (bicyclic) bond motifs is 5. The quantitative estimate of drug-likeness (QED) is 0.163. The Morgan fingerprint density at radius 3 is 2.47 bits per heavy atom. The van der Waals surface area contributed by atoms with Crippen LogP contribution in [0.5, 0.6) is 0 Å². The molecule has 5 rings (SSSR count). The van der Waals surface area contributed by atoms with Crippen LogP contribution in [0.3, 0.4) is 0 Å². The Morgan fingerprint density at radius 1 is 1.16 bits per heavy atom. The van der Waals surface area contributed by atoms with Crippen molar-refractivity contribution in [2.24, 2.45) is 45.3 Å². The molecule has 0 amide bonds. The van der Waals surface area contributed by atoms with Crippen LogP contribution in [0.15, 0.2) is 11.6 Å². The molecule has 0 radical (unpaired) electrons. The van der Waals surface area contributed by atoms with Gasteiger partial charge in [-0.1, -0.05) is 66.0 Å². The van der Waals surface area contributed by atoms with Crippen molar-refractivity contribution in [1.82, 2.24) is 0 Å². The van der Waals surface area contributed by atoms with E-state index in [0.29, 0.717) is 30.5 Å². The third-order valence-corrected chi connectivity index (χ3v) is 14.1. The SMILES string of the molecule is C[C@H](CCCC(C)(C)O)C1CC[C@@]2(C)C3CC=C4C(CC[C@H](O[C@@H]5O[C@H](CO)C[C@H]([N+](=O)[O-])[C@H]5O)C4(C)C)[C@]3(C)C(=O)C[C@]12C. The van der Waals surface area contributed by atoms with Gasteiger partial charge in [0.05, 0.1) is 24.4 Å². The maximum absolute atomic E-state index is 14.6. The van der Waals surface area contributed by atoms with E-state index in [-0.39, 0.29) is 41.8 Å². The molecule has 3 N–H and O–H groups in total. The van der Waals surface area contributed by atoms with E-state index in [1.54, 1.807) is 0 Å². The van der Waals surface area contributed by atoms with Gasteiger partial charge in [-0.25, -0.2) is 0 Å². The number of allylic oxidation sites excluding steroid dienone is 1. The zero-order chi connectivity index (χ0) is 33.3. The fourth-order valence-corrected chi connectivity index (χ4v) is 11.2. The second kappa shape index (κ2) is 11.9. The zero-order valence-electron chi connectivity index (χ0n) is 28.9. The molecule has 3 saturated carbocycles. The topological polar surface area (TPSA) is 139 Å². The molecule has 3 unspecified atom stereocenters. The van der Waals surface area contributed by atoms with Crippen LogP contribution in [0.2, 0.25) is 0 Å². The van der Waals surface area contributed by atoms with E-state index in [1.807, 2.05) is 13.8 Å². The Morgan fingerprint density at radius 2 is 1.84 bits per heavy atom. The minimum Gasteiger partial charge on any atom is -0.394 e. The molecule has 0 aromatic heterocycles. The Balaban J connectivity index is 1.38. The van der Waals surface area contributed by atoms with Gasteiger partial charge in [-0.15, -0.1) is 0 Å². The van der Waals surface area contributed by atoms with E-state index < -0.39 is 45.9 Å². The highest BCUT2D eigenvalue weighted by atomic mass is 16.7. The van der Waals surface area contributed by atoms with Gasteiger partial charge >= 0.3 is 0 Å². The van der Waals surface area contributed by atoms with Gasteiger partial charge in [0.25, 0.3) is 0 Å². The van der Waals surface area contributed by atoms with Crippen molar-refractivity contribution >= 4 is 5.78 Å². The van der Waals surface area contributed by atoms with Crippen molar-refractivity contribution in [3.63, 3.8) is 0 Å². The van der Waals surface area contributed by atoms with E-state index in [4.69, 9.17) is 9.47 Å². The monoisotopic (exact) mass is 633 g/mol. The average molecular weight is 634 g/mol. The van der Waals surface area contributed by atoms with Gasteiger partial charge in [-0.3, -0.25) is 14.9 Å². The minimum atomic E-state index is -1.43. The van der Waals surface area contributed by atoms with Crippen LogP contribution in [0.25, 0.3) is 0 Å². The van der Waals surface area contributed by atoms with Gasteiger partial charge in [-0.2, -0.15) is 0 Å². The van der Waals surface area contributed by atoms with Crippen molar-refractivity contribution < 1.29 is 34.5 Å². The van der Waals surface area contributed by atoms with E-state index >= 15 is 0 Å². The zero-order valence-corrected chi connectivity index (χ0v) is 28.9. The van der Waals surface area contributed by atoms with Gasteiger partial charge in [0.1, 0.15) is 5.78 Å². The van der Waals surface area contributed by atoms with E-state index in [0.717, 1.165) is 44.9 Å². The number of aliphatic hydroxyl groups is 3. The lowest BCUT2D eigenvalue weighted by molar-refractivity contribution is -0.552. The van der Waals surface area contributed by atoms with Crippen LogP contribution in [-0.2, 0) is 14.3 Å². The fraction of sp³-hybridized carbons (Fsp3) is 0.917. The summed E-state index contributed by atoms with van der Waals surface area (Å²) in [5, 5.41) is 42.4. The second-order valence-corrected chi connectivity index (χ2v) is 17.4. The first-order valence-electron chi connectivity index (χ1n) is 17.5. The van der Waals surface area contributed by atoms with Crippen LogP contribution in [0.1, 0.15) is 120 Å². The second-order valence-electron chi connectivity index (χ2n) is 17.4. The number of carbonyl (C=O) groups is 1. The molecule has 0 aromatic rings. The van der Waals surface area contributed by atoms with E-state index in [1.165, 1.54) is 5.57 Å². The Kier molecular flexibility index (Phi) is 9.27. The molecule has 1 saturated heterocycles. The lowest BCUT2D eigenvalue weighted by atomic mass is 9.38. The number of hydrogen-bond donors (Lipinski definition) is 3. The molecule has 4 fully saturated rings. The molecule has 12 atom stereocenters. The largest absolute Gasteiger partial charge is 0.394 e. The summed E-state index contributed by atoms with van der Waals surface area (Å²) >= 11 is 0. The maximum atomic E-state index is 14.6. The molecule has 0 bridgehead atoms. The highest BCUT2D eigenvalue weighted by Crippen LogP contribution is 2.74. The molecule has 1 aliphatic heterocycles. The van der Waals surface area contributed by atoms with Gasteiger partial charge in [0.15, 0.2) is 12.4 Å². The van der Waals surface area contributed by atoms with Gasteiger partial charge in [0, 0.05) is 28.6 Å². The fourth-order valence-electron chi connectivity index (χ4n) is 11.2. The first-order valence-corrected chi connectivity index (χ1v) is 17.5. The first kappa shape index (κ1) is 34.9. The normalized spacial score (nSPS) is 45.2. The molecule has 1 heterocycles. The molecule has 256 valence electrons. The summed E-state index contributed by atoms with van der Waals surface area (Å²) in [6, 6.07) is -1.26. The number of aliphatic hydroxyl groups excluding tert-OH is 2. The smallest absolute Gasteiger partial charge is 0.246 e. The van der Waals surface area contributed by atoms with Crippen LogP contribution < -0.4 is 0 Å². The molecule has 45 heavy (non-hydrogen) atoms. The number of ether oxygens (including phenoxy) is 2. The molecule has 5 aliphatic rings. The molecule has 4 aliphatic carbocycles.